The minimum atomic E-state index is 0.00840. The smallest absolute Gasteiger partial charge is 0.226 e. The summed E-state index contributed by atoms with van der Waals surface area (Å²) in [5.41, 5.74) is 2.76. The van der Waals surface area contributed by atoms with Crippen molar-refractivity contribution in [3.8, 4) is 0 Å². The maximum absolute atomic E-state index is 13.2. The van der Waals surface area contributed by atoms with E-state index in [-0.39, 0.29) is 18.1 Å². The lowest BCUT2D eigenvalue weighted by atomic mass is 9.91. The van der Waals surface area contributed by atoms with Crippen molar-refractivity contribution < 1.29 is 9.53 Å². The summed E-state index contributed by atoms with van der Waals surface area (Å²) in [6.45, 7) is 7.68. The predicted octanol–water partition coefficient (Wildman–Crippen LogP) is 2.67. The van der Waals surface area contributed by atoms with Gasteiger partial charge in [-0.3, -0.25) is 4.79 Å². The second-order valence-electron chi connectivity index (χ2n) is 7.89. The van der Waals surface area contributed by atoms with Crippen molar-refractivity contribution in [1.29, 1.82) is 0 Å². The third kappa shape index (κ3) is 2.76. The summed E-state index contributed by atoms with van der Waals surface area (Å²) in [4.78, 5) is 15.3. The molecule has 4 rings (SSSR count). The highest BCUT2D eigenvalue weighted by Crippen LogP contribution is 2.59. The molecule has 24 heavy (non-hydrogen) atoms. The SMILES string of the molecule is Cc1ccccc1[C@@H]1CN(C(=O)[C@H]2CC23CCNCC3)[C@@H](C)CO1. The molecule has 1 N–H and O–H groups in total. The molecule has 1 saturated carbocycles. The van der Waals surface area contributed by atoms with Crippen LogP contribution < -0.4 is 5.32 Å². The Labute approximate surface area is 144 Å². The van der Waals surface area contributed by atoms with Crippen LogP contribution in [0.5, 0.6) is 0 Å². The molecule has 0 unspecified atom stereocenters. The summed E-state index contributed by atoms with van der Waals surface area (Å²) in [5, 5.41) is 3.42. The monoisotopic (exact) mass is 328 g/mol. The van der Waals surface area contributed by atoms with Crippen LogP contribution in [0.25, 0.3) is 0 Å². The Kier molecular flexibility index (Phi) is 4.13. The summed E-state index contributed by atoms with van der Waals surface area (Å²) in [6.07, 6.45) is 3.41. The number of nitrogens with one attached hydrogen (secondary N) is 1. The van der Waals surface area contributed by atoms with Crippen LogP contribution in [-0.4, -0.2) is 43.1 Å². The van der Waals surface area contributed by atoms with Crippen molar-refractivity contribution in [1.82, 2.24) is 10.2 Å². The molecule has 0 aromatic heterocycles. The van der Waals surface area contributed by atoms with Crippen molar-refractivity contribution in [2.24, 2.45) is 11.3 Å². The maximum atomic E-state index is 13.2. The average Bonchev–Trinajstić information content (AvgIpc) is 3.29. The zero-order chi connectivity index (χ0) is 16.7. The molecule has 0 bridgehead atoms. The van der Waals surface area contributed by atoms with E-state index >= 15 is 0 Å². The van der Waals surface area contributed by atoms with Gasteiger partial charge in [-0.05, 0) is 62.7 Å². The van der Waals surface area contributed by atoms with Crippen LogP contribution in [0.15, 0.2) is 24.3 Å². The van der Waals surface area contributed by atoms with E-state index in [1.165, 1.54) is 11.1 Å². The quantitative estimate of drug-likeness (QED) is 0.907. The lowest BCUT2D eigenvalue weighted by Crippen LogP contribution is -2.49. The van der Waals surface area contributed by atoms with Crippen LogP contribution in [0.1, 0.15) is 43.4 Å². The Bertz CT molecular complexity index is 624. The molecule has 2 aliphatic heterocycles. The topological polar surface area (TPSA) is 41.6 Å². The molecule has 2 saturated heterocycles. The fourth-order valence-corrected chi connectivity index (χ4v) is 4.57. The van der Waals surface area contributed by atoms with E-state index in [2.05, 4.69) is 48.3 Å². The van der Waals surface area contributed by atoms with Gasteiger partial charge in [0.05, 0.1) is 19.2 Å². The molecule has 1 aromatic carbocycles. The number of benzene rings is 1. The molecule has 3 aliphatic rings. The first kappa shape index (κ1) is 16.1. The summed E-state index contributed by atoms with van der Waals surface area (Å²) in [6, 6.07) is 8.54. The van der Waals surface area contributed by atoms with E-state index in [0.717, 1.165) is 32.4 Å². The fourth-order valence-electron chi connectivity index (χ4n) is 4.57. The molecule has 130 valence electrons. The summed E-state index contributed by atoms with van der Waals surface area (Å²) >= 11 is 0. The summed E-state index contributed by atoms with van der Waals surface area (Å²) in [7, 11) is 0. The highest BCUT2D eigenvalue weighted by atomic mass is 16.5. The number of morpholine rings is 1. The molecule has 4 nitrogen and oxygen atoms in total. The molecule has 3 fully saturated rings. The van der Waals surface area contributed by atoms with E-state index in [4.69, 9.17) is 4.74 Å². The minimum absolute atomic E-state index is 0.00840. The van der Waals surface area contributed by atoms with Crippen molar-refractivity contribution >= 4 is 5.91 Å². The van der Waals surface area contributed by atoms with E-state index in [1.807, 2.05) is 0 Å². The van der Waals surface area contributed by atoms with Crippen LogP contribution in [-0.2, 0) is 9.53 Å². The highest BCUT2D eigenvalue weighted by molar-refractivity contribution is 5.83. The number of carbonyl (C=O) groups is 1. The average molecular weight is 328 g/mol. The number of rotatable bonds is 2. The van der Waals surface area contributed by atoms with E-state index in [9.17, 15) is 4.79 Å². The molecule has 1 aromatic rings. The van der Waals surface area contributed by atoms with Crippen LogP contribution in [0.3, 0.4) is 0 Å². The van der Waals surface area contributed by atoms with Gasteiger partial charge in [0.1, 0.15) is 6.10 Å². The van der Waals surface area contributed by atoms with Crippen molar-refractivity contribution in [2.75, 3.05) is 26.2 Å². The van der Waals surface area contributed by atoms with Crippen LogP contribution in [0.4, 0.5) is 0 Å². The number of hydrogen-bond donors (Lipinski definition) is 1. The molecule has 1 aliphatic carbocycles. The van der Waals surface area contributed by atoms with Crippen LogP contribution >= 0.6 is 0 Å². The number of carbonyl (C=O) groups excluding carboxylic acids is 1. The van der Waals surface area contributed by atoms with Gasteiger partial charge >= 0.3 is 0 Å². The molecule has 4 heteroatoms. The Hall–Kier alpha value is -1.39. The van der Waals surface area contributed by atoms with Crippen molar-refractivity contribution in [3.63, 3.8) is 0 Å². The number of aryl methyl sites for hydroxylation is 1. The number of hydrogen-bond acceptors (Lipinski definition) is 3. The molecule has 1 amide bonds. The first-order valence-corrected chi connectivity index (χ1v) is 9.29. The third-order valence-electron chi connectivity index (χ3n) is 6.34. The lowest BCUT2D eigenvalue weighted by molar-refractivity contribution is -0.147. The fraction of sp³-hybridized carbons (Fsp3) is 0.650. The van der Waals surface area contributed by atoms with Gasteiger partial charge in [-0.1, -0.05) is 24.3 Å². The van der Waals surface area contributed by atoms with Gasteiger partial charge in [-0.2, -0.15) is 0 Å². The number of piperidine rings is 1. The van der Waals surface area contributed by atoms with Gasteiger partial charge in [0, 0.05) is 5.92 Å². The summed E-state index contributed by atoms with van der Waals surface area (Å²) in [5.74, 6) is 0.615. The van der Waals surface area contributed by atoms with Gasteiger partial charge < -0.3 is 15.0 Å². The number of ether oxygens (including phenoxy) is 1. The number of nitrogens with zero attached hydrogens (tertiary/aromatic N) is 1. The van der Waals surface area contributed by atoms with Gasteiger partial charge in [0.25, 0.3) is 0 Å². The zero-order valence-corrected chi connectivity index (χ0v) is 14.8. The van der Waals surface area contributed by atoms with Gasteiger partial charge in [-0.25, -0.2) is 0 Å². The largest absolute Gasteiger partial charge is 0.370 e. The molecule has 2 heterocycles. The Balaban J connectivity index is 1.48. The van der Waals surface area contributed by atoms with Crippen LogP contribution in [0, 0.1) is 18.3 Å². The first-order chi connectivity index (χ1) is 11.6. The molecule has 3 atom stereocenters. The molecular formula is C20H28N2O2. The minimum Gasteiger partial charge on any atom is -0.370 e. The lowest BCUT2D eigenvalue weighted by Gasteiger charge is -2.39. The first-order valence-electron chi connectivity index (χ1n) is 9.29. The highest BCUT2D eigenvalue weighted by Gasteiger charge is 2.59. The molecule has 1 spiro atoms. The van der Waals surface area contributed by atoms with Crippen molar-refractivity contribution in [3.05, 3.63) is 35.4 Å². The van der Waals surface area contributed by atoms with E-state index < -0.39 is 0 Å². The zero-order valence-electron chi connectivity index (χ0n) is 14.8. The van der Waals surface area contributed by atoms with E-state index in [0.29, 0.717) is 24.5 Å². The third-order valence-corrected chi connectivity index (χ3v) is 6.34. The Morgan fingerprint density at radius 3 is 2.79 bits per heavy atom. The Morgan fingerprint density at radius 2 is 2.04 bits per heavy atom. The molecular weight excluding hydrogens is 300 g/mol. The molecule has 0 radical (unpaired) electrons. The van der Waals surface area contributed by atoms with Gasteiger partial charge in [-0.15, -0.1) is 0 Å². The standard InChI is InChI=1S/C20H28N2O2/c1-14-5-3-4-6-16(14)18-12-22(15(2)13-24-18)19(23)17-11-20(17)7-9-21-10-8-20/h3-6,15,17-18,21H,7-13H2,1-2H3/t15-,17+,18-/m0/s1. The normalized spacial score (nSPS) is 31.9. The summed E-state index contributed by atoms with van der Waals surface area (Å²) < 4.78 is 6.07. The van der Waals surface area contributed by atoms with Crippen LogP contribution in [0.2, 0.25) is 0 Å². The van der Waals surface area contributed by atoms with Crippen molar-refractivity contribution in [2.45, 2.75) is 45.3 Å². The Morgan fingerprint density at radius 1 is 1.29 bits per heavy atom. The second kappa shape index (κ2) is 6.16. The van der Waals surface area contributed by atoms with Gasteiger partial charge in [0.15, 0.2) is 0 Å². The maximum Gasteiger partial charge on any atom is 0.226 e. The van der Waals surface area contributed by atoms with Gasteiger partial charge in [0.2, 0.25) is 5.91 Å². The predicted molar refractivity (Wildman–Crippen MR) is 93.7 cm³/mol. The number of amides is 1. The van der Waals surface area contributed by atoms with E-state index in [1.54, 1.807) is 0 Å². The second-order valence-corrected chi connectivity index (χ2v) is 7.89.